The zero-order chi connectivity index (χ0) is 14.4. The van der Waals surface area contributed by atoms with Gasteiger partial charge in [0.25, 0.3) is 0 Å². The van der Waals surface area contributed by atoms with Gasteiger partial charge in [0.15, 0.2) is 0 Å². The summed E-state index contributed by atoms with van der Waals surface area (Å²) in [7, 11) is 0. The second-order valence-electron chi connectivity index (χ2n) is 8.21. The van der Waals surface area contributed by atoms with Crippen LogP contribution in [0, 0.1) is 23.2 Å². The first-order valence-corrected chi connectivity index (χ1v) is 8.98. The maximum atomic E-state index is 6.53. The normalized spacial score (nSPS) is 38.7. The quantitative estimate of drug-likeness (QED) is 0.848. The van der Waals surface area contributed by atoms with Gasteiger partial charge in [-0.3, -0.25) is 0 Å². The predicted octanol–water partition coefficient (Wildman–Crippen LogP) is 4.82. The Morgan fingerprint density at radius 3 is 2.05 bits per heavy atom. The number of hydrogen-bond acceptors (Lipinski definition) is 1. The molecule has 114 valence electrons. The van der Waals surface area contributed by atoms with Crippen molar-refractivity contribution in [1.29, 1.82) is 0 Å². The molecule has 4 aliphatic carbocycles. The van der Waals surface area contributed by atoms with Crippen molar-refractivity contribution in [3.8, 4) is 0 Å². The highest BCUT2D eigenvalue weighted by Gasteiger charge is 2.50. The highest BCUT2D eigenvalue weighted by atomic mass is 35.5. The molecule has 2 N–H and O–H groups in total. The molecule has 4 bridgehead atoms. The van der Waals surface area contributed by atoms with E-state index in [1.165, 1.54) is 50.5 Å². The van der Waals surface area contributed by atoms with Gasteiger partial charge in [-0.2, -0.15) is 0 Å². The van der Waals surface area contributed by atoms with E-state index in [1.54, 1.807) is 0 Å². The molecule has 1 unspecified atom stereocenters. The number of rotatable bonds is 4. The van der Waals surface area contributed by atoms with Crippen LogP contribution in [0.2, 0.25) is 5.02 Å². The van der Waals surface area contributed by atoms with Crippen LogP contribution >= 0.6 is 11.6 Å². The molecule has 4 aliphatic rings. The first-order valence-electron chi connectivity index (χ1n) is 8.60. The molecule has 0 aromatic heterocycles. The topological polar surface area (TPSA) is 26.0 Å². The van der Waals surface area contributed by atoms with Crippen molar-refractivity contribution in [2.45, 2.75) is 57.4 Å². The molecule has 1 aromatic rings. The van der Waals surface area contributed by atoms with Crippen LogP contribution in [0.3, 0.4) is 0 Å². The first kappa shape index (κ1) is 14.1. The van der Waals surface area contributed by atoms with E-state index in [9.17, 15) is 0 Å². The van der Waals surface area contributed by atoms with Crippen LogP contribution in [0.25, 0.3) is 0 Å². The lowest BCUT2D eigenvalue weighted by molar-refractivity contribution is -0.0602. The van der Waals surface area contributed by atoms with Crippen LogP contribution in [0.4, 0.5) is 0 Å². The summed E-state index contributed by atoms with van der Waals surface area (Å²) in [5.41, 5.74) is 8.46. The molecule has 0 amide bonds. The zero-order valence-electron chi connectivity index (χ0n) is 12.7. The predicted molar refractivity (Wildman–Crippen MR) is 88.4 cm³/mol. The number of nitrogens with two attached hydrogens (primary N) is 1. The maximum absolute atomic E-state index is 6.53. The molecule has 0 saturated heterocycles. The average Bonchev–Trinajstić information content (AvgIpc) is 2.39. The van der Waals surface area contributed by atoms with Gasteiger partial charge in [0.05, 0.1) is 0 Å². The minimum absolute atomic E-state index is 0.308. The van der Waals surface area contributed by atoms with Crippen LogP contribution in [0.5, 0.6) is 0 Å². The summed E-state index contributed by atoms with van der Waals surface area (Å²) >= 11 is 5.96. The van der Waals surface area contributed by atoms with E-state index >= 15 is 0 Å². The van der Waals surface area contributed by atoms with Crippen molar-refractivity contribution in [3.63, 3.8) is 0 Å². The highest BCUT2D eigenvalue weighted by Crippen LogP contribution is 2.61. The van der Waals surface area contributed by atoms with Gasteiger partial charge in [-0.05, 0) is 92.2 Å². The summed E-state index contributed by atoms with van der Waals surface area (Å²) in [5.74, 6) is 3.08. The SMILES string of the molecule is NC(Cc1ccc(Cl)cc1)CC12CC3CC(CC(C3)C1)C2. The molecular formula is C19H26ClN. The smallest absolute Gasteiger partial charge is 0.0406 e. The lowest BCUT2D eigenvalue weighted by atomic mass is 9.48. The fourth-order valence-corrected chi connectivity index (χ4v) is 6.22. The van der Waals surface area contributed by atoms with Gasteiger partial charge >= 0.3 is 0 Å². The monoisotopic (exact) mass is 303 g/mol. The summed E-state index contributed by atoms with van der Waals surface area (Å²) < 4.78 is 0. The van der Waals surface area contributed by atoms with Gasteiger partial charge in [0, 0.05) is 11.1 Å². The molecule has 21 heavy (non-hydrogen) atoms. The van der Waals surface area contributed by atoms with E-state index in [2.05, 4.69) is 12.1 Å². The maximum Gasteiger partial charge on any atom is 0.0406 e. The van der Waals surface area contributed by atoms with Crippen molar-refractivity contribution >= 4 is 11.6 Å². The van der Waals surface area contributed by atoms with Crippen molar-refractivity contribution in [1.82, 2.24) is 0 Å². The Morgan fingerprint density at radius 2 is 1.52 bits per heavy atom. The third-order valence-corrected chi connectivity index (χ3v) is 6.52. The second-order valence-corrected chi connectivity index (χ2v) is 8.65. The molecule has 0 heterocycles. The molecule has 1 atom stereocenters. The summed E-state index contributed by atoms with van der Waals surface area (Å²) in [6, 6.07) is 8.52. The third-order valence-electron chi connectivity index (χ3n) is 6.27. The Hall–Kier alpha value is -0.530. The molecule has 1 aromatic carbocycles. The van der Waals surface area contributed by atoms with Crippen LogP contribution in [-0.4, -0.2) is 6.04 Å². The van der Waals surface area contributed by atoms with Crippen LogP contribution in [-0.2, 0) is 6.42 Å². The summed E-state index contributed by atoms with van der Waals surface area (Å²) in [6.07, 6.45) is 11.2. The van der Waals surface area contributed by atoms with E-state index in [4.69, 9.17) is 17.3 Å². The van der Waals surface area contributed by atoms with E-state index in [-0.39, 0.29) is 0 Å². The zero-order valence-corrected chi connectivity index (χ0v) is 13.5. The molecule has 1 nitrogen and oxygen atoms in total. The summed E-state index contributed by atoms with van der Waals surface area (Å²) in [4.78, 5) is 0. The third kappa shape index (κ3) is 2.87. The molecule has 5 rings (SSSR count). The highest BCUT2D eigenvalue weighted by molar-refractivity contribution is 6.30. The van der Waals surface area contributed by atoms with Crippen LogP contribution in [0.1, 0.15) is 50.5 Å². The Bertz CT molecular complexity index is 472. The van der Waals surface area contributed by atoms with Gasteiger partial charge in [-0.25, -0.2) is 0 Å². The second kappa shape index (κ2) is 5.28. The molecule has 0 aliphatic heterocycles. The minimum atomic E-state index is 0.308. The van der Waals surface area contributed by atoms with Gasteiger partial charge < -0.3 is 5.73 Å². The summed E-state index contributed by atoms with van der Waals surface area (Å²) in [5, 5.41) is 0.813. The van der Waals surface area contributed by atoms with Crippen molar-refractivity contribution in [2.24, 2.45) is 28.9 Å². The van der Waals surface area contributed by atoms with Crippen LogP contribution < -0.4 is 5.73 Å². The summed E-state index contributed by atoms with van der Waals surface area (Å²) in [6.45, 7) is 0. The van der Waals surface area contributed by atoms with Gasteiger partial charge in [-0.1, -0.05) is 23.7 Å². The molecule has 0 radical (unpaired) electrons. The molecule has 4 saturated carbocycles. The average molecular weight is 304 g/mol. The Morgan fingerprint density at radius 1 is 1.00 bits per heavy atom. The van der Waals surface area contributed by atoms with Crippen molar-refractivity contribution < 1.29 is 0 Å². The van der Waals surface area contributed by atoms with E-state index < -0.39 is 0 Å². The largest absolute Gasteiger partial charge is 0.327 e. The lowest BCUT2D eigenvalue weighted by Crippen LogP contribution is -2.48. The van der Waals surface area contributed by atoms with Gasteiger partial charge in [-0.15, -0.1) is 0 Å². The number of halogens is 1. The first-order chi connectivity index (χ1) is 10.1. The lowest BCUT2D eigenvalue weighted by Gasteiger charge is -2.57. The van der Waals surface area contributed by atoms with Crippen LogP contribution in [0.15, 0.2) is 24.3 Å². The van der Waals surface area contributed by atoms with Gasteiger partial charge in [0.2, 0.25) is 0 Å². The van der Waals surface area contributed by atoms with Gasteiger partial charge in [0.1, 0.15) is 0 Å². The Kier molecular flexibility index (Phi) is 3.54. The molecule has 0 spiro atoms. The molecule has 4 fully saturated rings. The Balaban J connectivity index is 1.42. The fourth-order valence-electron chi connectivity index (χ4n) is 6.09. The number of hydrogen-bond donors (Lipinski definition) is 1. The number of benzene rings is 1. The van der Waals surface area contributed by atoms with Crippen molar-refractivity contribution in [2.75, 3.05) is 0 Å². The van der Waals surface area contributed by atoms with Crippen molar-refractivity contribution in [3.05, 3.63) is 34.9 Å². The standard InChI is InChI=1S/C19H26ClN/c20-17-3-1-13(2-4-17)8-18(21)12-19-9-14-5-15(10-19)7-16(6-14)11-19/h1-4,14-16,18H,5-12,21H2. The Labute approximate surface area is 133 Å². The van der Waals surface area contributed by atoms with E-state index in [1.807, 2.05) is 12.1 Å². The van der Waals surface area contributed by atoms with E-state index in [0.717, 1.165) is 29.2 Å². The molecular weight excluding hydrogens is 278 g/mol. The van der Waals surface area contributed by atoms with E-state index in [0.29, 0.717) is 11.5 Å². The minimum Gasteiger partial charge on any atom is -0.327 e. The fraction of sp³-hybridized carbons (Fsp3) is 0.684. The molecule has 2 heteroatoms.